The maximum Gasteiger partial charge on any atom is 0.262 e. The smallest absolute Gasteiger partial charge is 0.262 e. The first-order valence-corrected chi connectivity index (χ1v) is 17.3. The molecule has 0 bridgehead atoms. The Balaban J connectivity index is 1.42. The SMILES string of the molecule is COc1cc(C2C3=C(CC(C)(C)CC3=O)N(Cc3ccccc3)C3=C2C(=O)CC(C)(C)C3)cc(Br)c1OCC(=O)Nc1ccc(C)cc1. The number of anilines is 1. The van der Waals surface area contributed by atoms with Crippen LogP contribution in [0.4, 0.5) is 5.69 Å². The standard InChI is InChI=1S/C40H43BrN2O5/c1-24-12-14-27(15-13-24)42-34(46)23-48-38-28(41)16-26(17-33(38)47-6)35-36-29(18-39(2,3)20-31(36)44)43(22-25-10-8-7-9-11-25)30-19-40(4,5)21-32(45)37(30)35/h7-17,35H,18-23H2,1-6H3,(H,42,46). The number of methoxy groups -OCH3 is 1. The molecule has 0 fully saturated rings. The van der Waals surface area contributed by atoms with Crippen LogP contribution in [0.25, 0.3) is 0 Å². The molecule has 3 aromatic rings. The van der Waals surface area contributed by atoms with Gasteiger partial charge in [0.2, 0.25) is 0 Å². The molecule has 8 heteroatoms. The van der Waals surface area contributed by atoms with Crippen LogP contribution < -0.4 is 14.8 Å². The first-order valence-electron chi connectivity index (χ1n) is 16.5. The van der Waals surface area contributed by atoms with Crippen molar-refractivity contribution in [3.8, 4) is 11.5 Å². The summed E-state index contributed by atoms with van der Waals surface area (Å²) in [5.74, 6) is 0.0629. The van der Waals surface area contributed by atoms with E-state index in [4.69, 9.17) is 9.47 Å². The van der Waals surface area contributed by atoms with E-state index in [2.05, 4.69) is 66.0 Å². The van der Waals surface area contributed by atoms with Gasteiger partial charge in [-0.1, -0.05) is 75.7 Å². The van der Waals surface area contributed by atoms with Crippen molar-refractivity contribution in [3.05, 3.63) is 110 Å². The number of Topliss-reactive ketones (excluding diaryl/α,β-unsaturated/α-hetero) is 2. The van der Waals surface area contributed by atoms with Gasteiger partial charge in [-0.3, -0.25) is 14.4 Å². The minimum absolute atomic E-state index is 0.0664. The molecule has 0 spiro atoms. The second kappa shape index (κ2) is 13.0. The predicted octanol–water partition coefficient (Wildman–Crippen LogP) is 8.67. The highest BCUT2D eigenvalue weighted by Crippen LogP contribution is 2.55. The maximum atomic E-state index is 14.3. The third kappa shape index (κ3) is 6.86. The summed E-state index contributed by atoms with van der Waals surface area (Å²) >= 11 is 3.68. The van der Waals surface area contributed by atoms with Crippen LogP contribution >= 0.6 is 15.9 Å². The van der Waals surface area contributed by atoms with E-state index < -0.39 is 5.92 Å². The lowest BCUT2D eigenvalue weighted by molar-refractivity contribution is -0.120. The monoisotopic (exact) mass is 710 g/mol. The summed E-state index contributed by atoms with van der Waals surface area (Å²) in [6.07, 6.45) is 2.25. The fourth-order valence-electron chi connectivity index (χ4n) is 7.36. The molecule has 6 rings (SSSR count). The summed E-state index contributed by atoms with van der Waals surface area (Å²) in [7, 11) is 1.55. The molecule has 1 heterocycles. The van der Waals surface area contributed by atoms with Gasteiger partial charge in [-0.2, -0.15) is 0 Å². The van der Waals surface area contributed by atoms with E-state index in [1.54, 1.807) is 7.11 Å². The number of aryl methyl sites for hydroxylation is 1. The molecule has 1 amide bonds. The number of allylic oxidation sites excluding steroid dienone is 4. The zero-order valence-corrected chi connectivity index (χ0v) is 30.1. The van der Waals surface area contributed by atoms with Crippen molar-refractivity contribution in [2.75, 3.05) is 19.0 Å². The number of nitrogens with one attached hydrogen (secondary N) is 1. The van der Waals surface area contributed by atoms with Crippen LogP contribution in [0.2, 0.25) is 0 Å². The lowest BCUT2D eigenvalue weighted by Gasteiger charge is -2.49. The number of carbonyl (C=O) groups excluding carboxylic acids is 3. The number of ketones is 2. The molecule has 0 atom stereocenters. The number of carbonyl (C=O) groups is 3. The lowest BCUT2D eigenvalue weighted by Crippen LogP contribution is -2.44. The molecule has 0 unspecified atom stereocenters. The molecule has 0 saturated carbocycles. The summed E-state index contributed by atoms with van der Waals surface area (Å²) < 4.78 is 12.4. The van der Waals surface area contributed by atoms with Crippen molar-refractivity contribution in [2.24, 2.45) is 10.8 Å². The van der Waals surface area contributed by atoms with Crippen molar-refractivity contribution in [1.29, 1.82) is 0 Å². The van der Waals surface area contributed by atoms with E-state index >= 15 is 0 Å². The zero-order chi connectivity index (χ0) is 34.4. The van der Waals surface area contributed by atoms with Crippen LogP contribution in [-0.2, 0) is 20.9 Å². The van der Waals surface area contributed by atoms with Gasteiger partial charge in [-0.25, -0.2) is 0 Å². The first kappa shape index (κ1) is 33.7. The maximum absolute atomic E-state index is 14.3. The van der Waals surface area contributed by atoms with Gasteiger partial charge >= 0.3 is 0 Å². The van der Waals surface area contributed by atoms with Gasteiger partial charge in [0.1, 0.15) is 0 Å². The number of ether oxygens (including phenoxy) is 2. The minimum atomic E-state index is -0.543. The molecule has 2 aliphatic carbocycles. The van der Waals surface area contributed by atoms with Crippen molar-refractivity contribution in [2.45, 2.75) is 72.8 Å². The van der Waals surface area contributed by atoms with E-state index in [9.17, 15) is 14.4 Å². The van der Waals surface area contributed by atoms with Crippen LogP contribution in [0.15, 0.2) is 93.7 Å². The number of hydrogen-bond donors (Lipinski definition) is 1. The largest absolute Gasteiger partial charge is 0.493 e. The fraction of sp³-hybridized carbons (Fsp3) is 0.375. The predicted molar refractivity (Wildman–Crippen MR) is 191 cm³/mol. The third-order valence-corrected chi connectivity index (χ3v) is 10.1. The van der Waals surface area contributed by atoms with Gasteiger partial charge in [0.05, 0.1) is 11.6 Å². The Labute approximate surface area is 291 Å². The lowest BCUT2D eigenvalue weighted by atomic mass is 9.63. The van der Waals surface area contributed by atoms with Gasteiger partial charge in [-0.15, -0.1) is 0 Å². The normalized spacial score (nSPS) is 18.8. The number of hydrogen-bond acceptors (Lipinski definition) is 6. The number of rotatable bonds is 8. The Bertz CT molecular complexity index is 1780. The molecule has 0 aromatic heterocycles. The quantitative estimate of drug-likeness (QED) is 0.252. The minimum Gasteiger partial charge on any atom is -0.493 e. The van der Waals surface area contributed by atoms with Crippen molar-refractivity contribution < 1.29 is 23.9 Å². The number of benzene rings is 3. The number of amides is 1. The van der Waals surface area contributed by atoms with E-state index in [1.165, 1.54) is 0 Å². The Kier molecular flexibility index (Phi) is 9.16. The molecule has 48 heavy (non-hydrogen) atoms. The van der Waals surface area contributed by atoms with Gasteiger partial charge < -0.3 is 19.7 Å². The highest BCUT2D eigenvalue weighted by atomic mass is 79.9. The van der Waals surface area contributed by atoms with Crippen LogP contribution in [0.3, 0.4) is 0 Å². The first-order chi connectivity index (χ1) is 22.7. The average molecular weight is 712 g/mol. The molecule has 3 aromatic carbocycles. The summed E-state index contributed by atoms with van der Waals surface area (Å²) in [6.45, 7) is 10.9. The third-order valence-electron chi connectivity index (χ3n) is 9.47. The Morgan fingerprint density at radius 2 is 1.46 bits per heavy atom. The van der Waals surface area contributed by atoms with Gasteiger partial charge in [0.15, 0.2) is 29.7 Å². The molecule has 0 saturated heterocycles. The molecular weight excluding hydrogens is 668 g/mol. The van der Waals surface area contributed by atoms with E-state index in [-0.39, 0.29) is 34.9 Å². The molecule has 3 aliphatic rings. The fourth-order valence-corrected chi connectivity index (χ4v) is 7.93. The second-order valence-corrected chi connectivity index (χ2v) is 15.7. The van der Waals surface area contributed by atoms with E-state index in [0.717, 1.165) is 40.9 Å². The van der Waals surface area contributed by atoms with Gasteiger partial charge in [0.25, 0.3) is 5.91 Å². The molecule has 250 valence electrons. The van der Waals surface area contributed by atoms with Gasteiger partial charge in [-0.05, 0) is 81.9 Å². The molecule has 1 aliphatic heterocycles. The zero-order valence-electron chi connectivity index (χ0n) is 28.5. The van der Waals surface area contributed by atoms with Crippen molar-refractivity contribution in [1.82, 2.24) is 4.90 Å². The summed E-state index contributed by atoms with van der Waals surface area (Å²) in [6, 6.07) is 21.6. The Morgan fingerprint density at radius 3 is 2.02 bits per heavy atom. The number of nitrogens with zero attached hydrogens (tertiary/aromatic N) is 1. The van der Waals surface area contributed by atoms with Gasteiger partial charge in [0, 0.05) is 53.5 Å². The Hall–Kier alpha value is -4.17. The summed E-state index contributed by atoms with van der Waals surface area (Å²) in [5, 5.41) is 2.85. The highest BCUT2D eigenvalue weighted by Gasteiger charge is 2.49. The van der Waals surface area contributed by atoms with E-state index in [0.29, 0.717) is 52.2 Å². The summed E-state index contributed by atoms with van der Waals surface area (Å²) in [5.41, 5.74) is 6.61. The van der Waals surface area contributed by atoms with Crippen LogP contribution in [0.5, 0.6) is 11.5 Å². The number of halogens is 1. The van der Waals surface area contributed by atoms with Crippen molar-refractivity contribution in [3.63, 3.8) is 0 Å². The highest BCUT2D eigenvalue weighted by molar-refractivity contribution is 9.10. The van der Waals surface area contributed by atoms with Crippen LogP contribution in [0.1, 0.15) is 76.0 Å². The molecular formula is C40H43BrN2O5. The Morgan fingerprint density at radius 1 is 0.875 bits per heavy atom. The van der Waals surface area contributed by atoms with Crippen LogP contribution in [-0.4, -0.2) is 36.1 Å². The van der Waals surface area contributed by atoms with Crippen LogP contribution in [0, 0.1) is 17.8 Å². The van der Waals surface area contributed by atoms with E-state index in [1.807, 2.05) is 61.5 Å². The van der Waals surface area contributed by atoms with Crippen molar-refractivity contribution >= 4 is 39.1 Å². The average Bonchev–Trinajstić information content (AvgIpc) is 3.01. The molecule has 0 radical (unpaired) electrons. The summed E-state index contributed by atoms with van der Waals surface area (Å²) in [4.78, 5) is 43.6. The molecule has 7 nitrogen and oxygen atoms in total. The topological polar surface area (TPSA) is 84.9 Å². The second-order valence-electron chi connectivity index (χ2n) is 14.8. The molecule has 1 N–H and O–H groups in total.